The van der Waals surface area contributed by atoms with Crippen molar-refractivity contribution < 1.29 is 19.5 Å². The van der Waals surface area contributed by atoms with E-state index in [1.54, 1.807) is 27.8 Å². The van der Waals surface area contributed by atoms with E-state index in [1.807, 2.05) is 0 Å². The third kappa shape index (κ3) is 5.94. The molecule has 0 rings (SSSR count). The lowest BCUT2D eigenvalue weighted by molar-refractivity contribution is -0.140. The van der Waals surface area contributed by atoms with Crippen LogP contribution in [0.4, 0.5) is 0 Å². The highest BCUT2D eigenvalue weighted by atomic mass is 16.4. The molecular formula is C13H24N2O4. The summed E-state index contributed by atoms with van der Waals surface area (Å²) >= 11 is 0. The van der Waals surface area contributed by atoms with Gasteiger partial charge in [-0.3, -0.25) is 19.7 Å². The van der Waals surface area contributed by atoms with Crippen LogP contribution in [0, 0.1) is 0 Å². The highest BCUT2D eigenvalue weighted by Crippen LogP contribution is 2.09. The van der Waals surface area contributed by atoms with Gasteiger partial charge in [0.2, 0.25) is 0 Å². The lowest BCUT2D eigenvalue weighted by Crippen LogP contribution is -2.53. The normalized spacial score (nSPS) is 14.8. The Labute approximate surface area is 113 Å². The number of ketones is 2. The molecule has 0 aliphatic carbocycles. The van der Waals surface area contributed by atoms with Crippen LogP contribution in [0.25, 0.3) is 0 Å². The molecule has 19 heavy (non-hydrogen) atoms. The lowest BCUT2D eigenvalue weighted by Gasteiger charge is -2.27. The first-order valence-corrected chi connectivity index (χ1v) is 6.33. The minimum absolute atomic E-state index is 0.0452. The summed E-state index contributed by atoms with van der Waals surface area (Å²) in [5, 5.41) is 14.7. The van der Waals surface area contributed by atoms with Gasteiger partial charge in [-0.05, 0) is 41.2 Å². The summed E-state index contributed by atoms with van der Waals surface area (Å²) in [4.78, 5) is 34.2. The smallest absolute Gasteiger partial charge is 0.320 e. The number of carbonyl (C=O) groups is 3. The second-order valence-electron chi connectivity index (χ2n) is 5.23. The SMILES string of the molecule is CNC(C)C(=O)CCC(NC(C)(C)C(C)=O)C(=O)O. The van der Waals surface area contributed by atoms with Crippen LogP contribution in [-0.2, 0) is 14.4 Å². The summed E-state index contributed by atoms with van der Waals surface area (Å²) < 4.78 is 0. The number of nitrogens with one attached hydrogen (secondary N) is 2. The molecule has 0 spiro atoms. The summed E-state index contributed by atoms with van der Waals surface area (Å²) in [6, 6.07) is -1.21. The van der Waals surface area contributed by atoms with Crippen molar-refractivity contribution in [2.45, 2.75) is 58.2 Å². The van der Waals surface area contributed by atoms with Crippen LogP contribution >= 0.6 is 0 Å². The number of carboxylic acid groups (broad SMARTS) is 1. The van der Waals surface area contributed by atoms with Crippen molar-refractivity contribution in [1.82, 2.24) is 10.6 Å². The first-order valence-electron chi connectivity index (χ1n) is 6.33. The van der Waals surface area contributed by atoms with Crippen molar-refractivity contribution in [3.8, 4) is 0 Å². The summed E-state index contributed by atoms with van der Waals surface area (Å²) in [6.07, 6.45) is 0.316. The van der Waals surface area contributed by atoms with Crippen LogP contribution in [0.3, 0.4) is 0 Å². The summed E-state index contributed by atoms with van der Waals surface area (Å²) in [5.74, 6) is -1.25. The average Bonchev–Trinajstić information content (AvgIpc) is 2.32. The number of hydrogen-bond acceptors (Lipinski definition) is 5. The molecule has 0 bridgehead atoms. The third-order valence-corrected chi connectivity index (χ3v) is 3.31. The van der Waals surface area contributed by atoms with E-state index in [0.29, 0.717) is 0 Å². The molecule has 6 nitrogen and oxygen atoms in total. The van der Waals surface area contributed by atoms with E-state index in [0.717, 1.165) is 0 Å². The molecule has 0 aromatic heterocycles. The number of carbonyl (C=O) groups excluding carboxylic acids is 2. The van der Waals surface area contributed by atoms with Crippen LogP contribution in [0.1, 0.15) is 40.5 Å². The number of Topliss-reactive ketones (excluding diaryl/α,β-unsaturated/α-hetero) is 2. The molecule has 0 radical (unpaired) electrons. The Kier molecular flexibility index (Phi) is 6.86. The van der Waals surface area contributed by atoms with Gasteiger partial charge < -0.3 is 10.4 Å². The van der Waals surface area contributed by atoms with Crippen molar-refractivity contribution >= 4 is 17.5 Å². The van der Waals surface area contributed by atoms with Crippen molar-refractivity contribution in [2.24, 2.45) is 0 Å². The van der Waals surface area contributed by atoms with Gasteiger partial charge in [0.25, 0.3) is 0 Å². The van der Waals surface area contributed by atoms with Gasteiger partial charge in [0.1, 0.15) is 17.6 Å². The first-order chi connectivity index (χ1) is 8.61. The fraction of sp³-hybridized carbons (Fsp3) is 0.769. The Morgan fingerprint density at radius 3 is 2.16 bits per heavy atom. The van der Waals surface area contributed by atoms with Gasteiger partial charge >= 0.3 is 5.97 Å². The molecule has 0 fully saturated rings. The molecule has 0 aromatic carbocycles. The second-order valence-corrected chi connectivity index (χ2v) is 5.23. The first kappa shape index (κ1) is 17.7. The predicted molar refractivity (Wildman–Crippen MR) is 72.1 cm³/mol. The summed E-state index contributed by atoms with van der Waals surface area (Å²) in [5.41, 5.74) is -0.916. The monoisotopic (exact) mass is 272 g/mol. The van der Waals surface area contributed by atoms with Gasteiger partial charge in [0, 0.05) is 6.42 Å². The zero-order valence-electron chi connectivity index (χ0n) is 12.2. The Hall–Kier alpha value is -1.27. The van der Waals surface area contributed by atoms with E-state index in [-0.39, 0.29) is 30.4 Å². The topological polar surface area (TPSA) is 95.5 Å². The summed E-state index contributed by atoms with van der Waals surface area (Å²) in [6.45, 7) is 6.39. The minimum atomic E-state index is -1.06. The zero-order chi connectivity index (χ0) is 15.2. The molecule has 0 amide bonds. The van der Waals surface area contributed by atoms with E-state index in [9.17, 15) is 14.4 Å². The van der Waals surface area contributed by atoms with E-state index in [4.69, 9.17) is 5.11 Å². The Morgan fingerprint density at radius 1 is 1.26 bits per heavy atom. The molecule has 0 saturated heterocycles. The van der Waals surface area contributed by atoms with Crippen LogP contribution in [0.2, 0.25) is 0 Å². The van der Waals surface area contributed by atoms with Crippen LogP contribution in [-0.4, -0.2) is 47.3 Å². The second kappa shape index (κ2) is 7.35. The minimum Gasteiger partial charge on any atom is -0.480 e. The van der Waals surface area contributed by atoms with Crippen LogP contribution < -0.4 is 10.6 Å². The maximum Gasteiger partial charge on any atom is 0.320 e. The molecule has 0 aliphatic heterocycles. The van der Waals surface area contributed by atoms with Crippen LogP contribution in [0.5, 0.6) is 0 Å². The number of carboxylic acids is 1. The summed E-state index contributed by atoms with van der Waals surface area (Å²) in [7, 11) is 1.67. The van der Waals surface area contributed by atoms with Crippen molar-refractivity contribution in [3.05, 3.63) is 0 Å². The molecule has 3 N–H and O–H groups in total. The lowest BCUT2D eigenvalue weighted by atomic mass is 9.97. The molecule has 0 aliphatic rings. The number of aliphatic carboxylic acids is 1. The largest absolute Gasteiger partial charge is 0.480 e. The van der Waals surface area contributed by atoms with Gasteiger partial charge in [-0.25, -0.2) is 0 Å². The molecular weight excluding hydrogens is 248 g/mol. The molecule has 0 aromatic rings. The number of rotatable bonds is 9. The maximum absolute atomic E-state index is 11.7. The zero-order valence-corrected chi connectivity index (χ0v) is 12.2. The molecule has 2 unspecified atom stereocenters. The fourth-order valence-electron chi connectivity index (χ4n) is 1.46. The highest BCUT2D eigenvalue weighted by Gasteiger charge is 2.30. The Morgan fingerprint density at radius 2 is 1.79 bits per heavy atom. The van der Waals surface area contributed by atoms with Gasteiger partial charge in [0.15, 0.2) is 0 Å². The van der Waals surface area contributed by atoms with E-state index < -0.39 is 17.6 Å². The standard InChI is InChI=1S/C13H24N2O4/c1-8(14-5)11(17)7-6-10(12(18)19)15-13(3,4)9(2)16/h8,10,14-15H,6-7H2,1-5H3,(H,18,19). The fourth-order valence-corrected chi connectivity index (χ4v) is 1.46. The van der Waals surface area contributed by atoms with Crippen LogP contribution in [0.15, 0.2) is 0 Å². The van der Waals surface area contributed by atoms with Crippen molar-refractivity contribution in [1.29, 1.82) is 0 Å². The van der Waals surface area contributed by atoms with Gasteiger partial charge in [0.05, 0.1) is 11.6 Å². The number of likely N-dealkylation sites (N-methyl/N-ethyl adjacent to an activating group) is 1. The molecule has 0 heterocycles. The third-order valence-electron chi connectivity index (χ3n) is 3.31. The average molecular weight is 272 g/mol. The van der Waals surface area contributed by atoms with Crippen molar-refractivity contribution in [2.75, 3.05) is 7.05 Å². The van der Waals surface area contributed by atoms with Gasteiger partial charge in [-0.15, -0.1) is 0 Å². The molecule has 0 saturated carbocycles. The van der Waals surface area contributed by atoms with Gasteiger partial charge in [-0.2, -0.15) is 0 Å². The molecule has 6 heteroatoms. The number of hydrogen-bond donors (Lipinski definition) is 3. The Balaban J connectivity index is 4.57. The molecule has 2 atom stereocenters. The molecule has 110 valence electrons. The maximum atomic E-state index is 11.7. The van der Waals surface area contributed by atoms with Gasteiger partial charge in [-0.1, -0.05) is 0 Å². The quantitative estimate of drug-likeness (QED) is 0.561. The van der Waals surface area contributed by atoms with Crippen molar-refractivity contribution in [3.63, 3.8) is 0 Å². The predicted octanol–water partition coefficient (Wildman–Crippen LogP) is 0.354. The highest BCUT2D eigenvalue weighted by molar-refractivity contribution is 5.87. The van der Waals surface area contributed by atoms with E-state index in [1.165, 1.54) is 6.92 Å². The van der Waals surface area contributed by atoms with E-state index in [2.05, 4.69) is 10.6 Å². The Bertz CT molecular complexity index is 353. The van der Waals surface area contributed by atoms with E-state index >= 15 is 0 Å².